The lowest BCUT2D eigenvalue weighted by molar-refractivity contribution is -0.143. The topological polar surface area (TPSA) is 66.8 Å². The Hall–Kier alpha value is -1.76. The third-order valence-electron chi connectivity index (χ3n) is 4.60. The van der Waals surface area contributed by atoms with Gasteiger partial charge in [-0.25, -0.2) is 8.42 Å². The number of rotatable bonds is 3. The van der Waals surface area contributed by atoms with Crippen LogP contribution in [0.2, 0.25) is 0 Å². The van der Waals surface area contributed by atoms with Crippen LogP contribution >= 0.6 is 11.8 Å². The standard InChI is InChI=1S/C17H16F6N2O3S2/c1-2-3-14(26)24-15-25(12-7-30(27,28)8-13(12)29-15)11-5-9(16(18,19)20)4-10(6-11)17(21,22)23/h4-6,12-13H,2-3,7-8H2,1H3/t12-,13-/m0/s1. The van der Waals surface area contributed by atoms with Crippen molar-refractivity contribution in [3.8, 4) is 0 Å². The molecule has 13 heteroatoms. The van der Waals surface area contributed by atoms with Crippen LogP contribution in [-0.4, -0.2) is 42.3 Å². The Bertz CT molecular complexity index is 956. The predicted octanol–water partition coefficient (Wildman–Crippen LogP) is 4.13. The number of amides is 1. The van der Waals surface area contributed by atoms with Crippen LogP contribution in [0.5, 0.6) is 0 Å². The van der Waals surface area contributed by atoms with Crippen molar-refractivity contribution in [1.82, 2.24) is 0 Å². The molecule has 2 aliphatic rings. The summed E-state index contributed by atoms with van der Waals surface area (Å²) in [6, 6.07) is 0.110. The number of halogens is 6. The van der Waals surface area contributed by atoms with E-state index in [1.807, 2.05) is 0 Å². The summed E-state index contributed by atoms with van der Waals surface area (Å²) in [6.45, 7) is 1.71. The zero-order valence-electron chi connectivity index (χ0n) is 15.4. The lowest BCUT2D eigenvalue weighted by Crippen LogP contribution is -2.38. The Labute approximate surface area is 172 Å². The number of amidine groups is 1. The number of hydrogen-bond acceptors (Lipinski definition) is 4. The summed E-state index contributed by atoms with van der Waals surface area (Å²) < 4.78 is 103. The van der Waals surface area contributed by atoms with Gasteiger partial charge < -0.3 is 4.90 Å². The van der Waals surface area contributed by atoms with Crippen molar-refractivity contribution in [2.75, 3.05) is 16.4 Å². The summed E-state index contributed by atoms with van der Waals surface area (Å²) in [7, 11) is -3.53. The number of fused-ring (bicyclic) bond motifs is 1. The van der Waals surface area contributed by atoms with Crippen LogP contribution in [0.15, 0.2) is 23.2 Å². The molecule has 2 aliphatic heterocycles. The summed E-state index contributed by atoms with van der Waals surface area (Å²) in [5.41, 5.74) is -3.56. The number of anilines is 1. The SMILES string of the molecule is CCCC(=O)N=C1S[C@H]2CS(=O)(=O)C[C@@H]2N1c1cc(C(F)(F)F)cc(C(F)(F)F)c1. The second kappa shape index (κ2) is 7.74. The monoisotopic (exact) mass is 474 g/mol. The molecule has 5 nitrogen and oxygen atoms in total. The molecule has 0 aliphatic carbocycles. The van der Waals surface area contributed by atoms with Gasteiger partial charge in [-0.15, -0.1) is 0 Å². The molecule has 0 saturated carbocycles. The Morgan fingerprint density at radius 1 is 1.10 bits per heavy atom. The van der Waals surface area contributed by atoms with Gasteiger partial charge in [0.2, 0.25) is 5.91 Å². The minimum absolute atomic E-state index is 0.00532. The van der Waals surface area contributed by atoms with Gasteiger partial charge in [-0.1, -0.05) is 18.7 Å². The second-order valence-corrected chi connectivity index (χ2v) is 10.3. The highest BCUT2D eigenvalue weighted by atomic mass is 32.2. The van der Waals surface area contributed by atoms with Crippen LogP contribution in [0.4, 0.5) is 32.0 Å². The van der Waals surface area contributed by atoms with E-state index in [1.165, 1.54) is 0 Å². The molecule has 0 N–H and O–H groups in total. The van der Waals surface area contributed by atoms with E-state index < -0.39 is 62.0 Å². The number of carbonyl (C=O) groups is 1. The maximum absolute atomic E-state index is 13.3. The highest BCUT2D eigenvalue weighted by Crippen LogP contribution is 2.44. The summed E-state index contributed by atoms with van der Waals surface area (Å²) in [5.74, 6) is -1.34. The van der Waals surface area contributed by atoms with E-state index in [1.54, 1.807) is 6.92 Å². The minimum atomic E-state index is -5.06. The Morgan fingerprint density at radius 2 is 1.67 bits per heavy atom. The molecular weight excluding hydrogens is 458 g/mol. The molecule has 1 aromatic carbocycles. The van der Waals surface area contributed by atoms with E-state index in [0.717, 1.165) is 16.7 Å². The average Bonchev–Trinajstić information content (AvgIpc) is 3.03. The zero-order valence-corrected chi connectivity index (χ0v) is 17.1. The number of aliphatic imine (C=N–C) groups is 1. The lowest BCUT2D eigenvalue weighted by Gasteiger charge is -2.26. The number of alkyl halides is 6. The van der Waals surface area contributed by atoms with E-state index in [9.17, 15) is 39.6 Å². The van der Waals surface area contributed by atoms with Crippen molar-refractivity contribution in [3.63, 3.8) is 0 Å². The summed E-state index contributed by atoms with van der Waals surface area (Å²) in [4.78, 5) is 16.8. The number of carbonyl (C=O) groups excluding carboxylic acids is 1. The van der Waals surface area contributed by atoms with Gasteiger partial charge in [0.05, 0.1) is 28.7 Å². The van der Waals surface area contributed by atoms with Crippen molar-refractivity contribution in [2.24, 2.45) is 4.99 Å². The minimum Gasteiger partial charge on any atom is -0.316 e. The van der Waals surface area contributed by atoms with E-state index in [0.29, 0.717) is 18.6 Å². The smallest absolute Gasteiger partial charge is 0.316 e. The molecule has 1 amide bonds. The fourth-order valence-corrected chi connectivity index (χ4v) is 7.25. The molecular formula is C17H16F6N2O3S2. The Balaban J connectivity index is 2.16. The summed E-state index contributed by atoms with van der Waals surface area (Å²) >= 11 is 0.881. The predicted molar refractivity (Wildman–Crippen MR) is 100 cm³/mol. The number of thioether (sulfide) groups is 1. The Kier molecular flexibility index (Phi) is 5.91. The molecule has 3 rings (SSSR count). The molecule has 0 bridgehead atoms. The van der Waals surface area contributed by atoms with Crippen LogP contribution in [0.3, 0.4) is 0 Å². The third kappa shape index (κ3) is 4.76. The first-order chi connectivity index (χ1) is 13.7. The fraction of sp³-hybridized carbons (Fsp3) is 0.529. The summed E-state index contributed by atoms with van der Waals surface area (Å²) in [5, 5.41) is -0.738. The molecule has 2 atom stereocenters. The van der Waals surface area contributed by atoms with Crippen molar-refractivity contribution in [2.45, 2.75) is 43.4 Å². The van der Waals surface area contributed by atoms with Gasteiger partial charge in [-0.2, -0.15) is 31.3 Å². The molecule has 2 heterocycles. The molecule has 2 fully saturated rings. The summed E-state index contributed by atoms with van der Waals surface area (Å²) in [6.07, 6.45) is -9.62. The Morgan fingerprint density at radius 3 is 2.17 bits per heavy atom. The van der Waals surface area contributed by atoms with E-state index in [4.69, 9.17) is 0 Å². The van der Waals surface area contributed by atoms with Crippen molar-refractivity contribution in [1.29, 1.82) is 0 Å². The van der Waals surface area contributed by atoms with Crippen molar-refractivity contribution in [3.05, 3.63) is 29.3 Å². The van der Waals surface area contributed by atoms with Gasteiger partial charge in [0.25, 0.3) is 0 Å². The van der Waals surface area contributed by atoms with Crippen molar-refractivity contribution >= 4 is 38.4 Å². The first-order valence-corrected chi connectivity index (χ1v) is 11.5. The maximum atomic E-state index is 13.3. The number of sulfone groups is 1. The lowest BCUT2D eigenvalue weighted by atomic mass is 10.1. The maximum Gasteiger partial charge on any atom is 0.416 e. The fourth-order valence-electron chi connectivity index (χ4n) is 3.32. The average molecular weight is 474 g/mol. The highest BCUT2D eigenvalue weighted by Gasteiger charge is 2.50. The van der Waals surface area contributed by atoms with Gasteiger partial charge in [0, 0.05) is 17.4 Å². The van der Waals surface area contributed by atoms with Gasteiger partial charge in [0.15, 0.2) is 15.0 Å². The molecule has 2 saturated heterocycles. The first kappa shape index (κ1) is 22.9. The highest BCUT2D eigenvalue weighted by molar-refractivity contribution is 8.16. The van der Waals surface area contributed by atoms with Gasteiger partial charge >= 0.3 is 12.4 Å². The second-order valence-electron chi connectivity index (χ2n) is 6.97. The molecule has 0 unspecified atom stereocenters. The normalized spacial score (nSPS) is 25.0. The van der Waals surface area contributed by atoms with Gasteiger partial charge in [-0.3, -0.25) is 4.79 Å². The first-order valence-electron chi connectivity index (χ1n) is 8.78. The molecule has 1 aromatic rings. The molecule has 0 radical (unpaired) electrons. The largest absolute Gasteiger partial charge is 0.416 e. The zero-order chi connectivity index (χ0) is 22.5. The van der Waals surface area contributed by atoms with E-state index >= 15 is 0 Å². The number of benzene rings is 1. The van der Waals surface area contributed by atoms with Crippen LogP contribution in [0.25, 0.3) is 0 Å². The molecule has 166 valence electrons. The molecule has 0 spiro atoms. The van der Waals surface area contributed by atoms with Crippen LogP contribution < -0.4 is 4.90 Å². The van der Waals surface area contributed by atoms with Crippen molar-refractivity contribution < 1.29 is 39.6 Å². The third-order valence-corrected chi connectivity index (χ3v) is 7.81. The van der Waals surface area contributed by atoms with Crippen LogP contribution in [0, 0.1) is 0 Å². The number of nitrogens with zero attached hydrogens (tertiary/aromatic N) is 2. The quantitative estimate of drug-likeness (QED) is 0.617. The van der Waals surface area contributed by atoms with Gasteiger partial charge in [0.1, 0.15) is 0 Å². The van der Waals surface area contributed by atoms with E-state index in [2.05, 4.69) is 4.99 Å². The van der Waals surface area contributed by atoms with E-state index in [-0.39, 0.29) is 23.4 Å². The molecule has 0 aromatic heterocycles. The number of hydrogen-bond donors (Lipinski definition) is 0. The van der Waals surface area contributed by atoms with Crippen LogP contribution in [0.1, 0.15) is 30.9 Å². The van der Waals surface area contributed by atoms with Crippen LogP contribution in [-0.2, 0) is 27.0 Å². The molecule has 30 heavy (non-hydrogen) atoms. The van der Waals surface area contributed by atoms with Gasteiger partial charge in [-0.05, 0) is 24.6 Å².